The molecule has 2 aromatic rings. The number of phenols is 1. The SMILES string of the molecule is COc1ccc(C(=O)NCC(Cc2c(C)cc(O)cc2C)N(C)C)cc1Cl. The maximum atomic E-state index is 12.5. The molecular formula is C21H27ClN2O3. The summed E-state index contributed by atoms with van der Waals surface area (Å²) in [5.41, 5.74) is 3.78. The molecule has 0 fully saturated rings. The Labute approximate surface area is 165 Å². The van der Waals surface area contributed by atoms with Crippen LogP contribution in [0.4, 0.5) is 0 Å². The molecule has 1 amide bonds. The number of phenolic OH excluding ortho intramolecular Hbond substituents is 1. The van der Waals surface area contributed by atoms with Crippen molar-refractivity contribution in [2.75, 3.05) is 27.7 Å². The van der Waals surface area contributed by atoms with Crippen molar-refractivity contribution in [2.24, 2.45) is 0 Å². The highest BCUT2D eigenvalue weighted by atomic mass is 35.5. The molecule has 2 aromatic carbocycles. The number of rotatable bonds is 7. The third-order valence-electron chi connectivity index (χ3n) is 4.76. The fourth-order valence-corrected chi connectivity index (χ4v) is 3.34. The van der Waals surface area contributed by atoms with Crippen molar-refractivity contribution in [2.45, 2.75) is 26.3 Å². The largest absolute Gasteiger partial charge is 0.508 e. The number of benzene rings is 2. The maximum absolute atomic E-state index is 12.5. The number of aromatic hydroxyl groups is 1. The number of nitrogens with zero attached hydrogens (tertiary/aromatic N) is 1. The highest BCUT2D eigenvalue weighted by Crippen LogP contribution is 2.25. The number of hydrogen-bond acceptors (Lipinski definition) is 4. The van der Waals surface area contributed by atoms with Gasteiger partial charge in [0.15, 0.2) is 0 Å². The molecule has 0 bridgehead atoms. The third-order valence-corrected chi connectivity index (χ3v) is 5.06. The van der Waals surface area contributed by atoms with Gasteiger partial charge in [-0.1, -0.05) is 11.6 Å². The Morgan fingerprint density at radius 1 is 1.22 bits per heavy atom. The Kier molecular flexibility index (Phi) is 7.11. The normalized spacial score (nSPS) is 12.1. The number of ether oxygens (including phenoxy) is 1. The fourth-order valence-electron chi connectivity index (χ4n) is 3.09. The number of halogens is 1. The van der Waals surface area contributed by atoms with Crippen LogP contribution in [0, 0.1) is 13.8 Å². The molecular weight excluding hydrogens is 364 g/mol. The molecule has 5 nitrogen and oxygen atoms in total. The number of carbonyl (C=O) groups excluding carboxylic acids is 1. The maximum Gasteiger partial charge on any atom is 0.251 e. The molecule has 6 heteroatoms. The molecule has 0 aliphatic carbocycles. The Bertz CT molecular complexity index is 798. The molecule has 0 saturated heterocycles. The molecule has 1 atom stereocenters. The summed E-state index contributed by atoms with van der Waals surface area (Å²) < 4.78 is 5.12. The van der Waals surface area contributed by atoms with Crippen LogP contribution in [-0.2, 0) is 6.42 Å². The van der Waals surface area contributed by atoms with Crippen LogP contribution >= 0.6 is 11.6 Å². The summed E-state index contributed by atoms with van der Waals surface area (Å²) in [5, 5.41) is 13.1. The van der Waals surface area contributed by atoms with E-state index in [4.69, 9.17) is 16.3 Å². The Morgan fingerprint density at radius 3 is 2.37 bits per heavy atom. The minimum atomic E-state index is -0.175. The van der Waals surface area contributed by atoms with Crippen LogP contribution in [0.1, 0.15) is 27.0 Å². The van der Waals surface area contributed by atoms with E-state index in [2.05, 4.69) is 10.2 Å². The lowest BCUT2D eigenvalue weighted by Crippen LogP contribution is -2.41. The van der Waals surface area contributed by atoms with Gasteiger partial charge >= 0.3 is 0 Å². The van der Waals surface area contributed by atoms with Crippen LogP contribution < -0.4 is 10.1 Å². The average Bonchev–Trinajstić information content (AvgIpc) is 2.59. The fraction of sp³-hybridized carbons (Fsp3) is 0.381. The third kappa shape index (κ3) is 5.37. The lowest BCUT2D eigenvalue weighted by atomic mass is 9.95. The monoisotopic (exact) mass is 390 g/mol. The number of amides is 1. The number of nitrogens with one attached hydrogen (secondary N) is 1. The van der Waals surface area contributed by atoms with Crippen molar-refractivity contribution in [1.29, 1.82) is 0 Å². The van der Waals surface area contributed by atoms with Crippen molar-refractivity contribution in [3.8, 4) is 11.5 Å². The van der Waals surface area contributed by atoms with Crippen LogP contribution in [0.3, 0.4) is 0 Å². The number of hydrogen-bond donors (Lipinski definition) is 2. The van der Waals surface area contributed by atoms with E-state index in [1.165, 1.54) is 12.7 Å². The predicted molar refractivity (Wildman–Crippen MR) is 109 cm³/mol. The highest BCUT2D eigenvalue weighted by Gasteiger charge is 2.17. The molecule has 0 aliphatic heterocycles. The lowest BCUT2D eigenvalue weighted by molar-refractivity contribution is 0.0941. The van der Waals surface area contributed by atoms with Crippen LogP contribution in [0.15, 0.2) is 30.3 Å². The second-order valence-electron chi connectivity index (χ2n) is 6.94. The minimum absolute atomic E-state index is 0.115. The van der Waals surface area contributed by atoms with Crippen molar-refractivity contribution in [3.05, 3.63) is 57.6 Å². The zero-order valence-corrected chi connectivity index (χ0v) is 17.2. The second-order valence-corrected chi connectivity index (χ2v) is 7.35. The molecule has 0 aromatic heterocycles. The zero-order chi connectivity index (χ0) is 20.1. The van der Waals surface area contributed by atoms with Gasteiger partial charge in [-0.25, -0.2) is 0 Å². The van der Waals surface area contributed by atoms with Gasteiger partial charge in [-0.3, -0.25) is 4.79 Å². The molecule has 2 N–H and O–H groups in total. The Morgan fingerprint density at radius 2 is 1.85 bits per heavy atom. The smallest absolute Gasteiger partial charge is 0.251 e. The standard InChI is InChI=1S/C21H27ClN2O3/c1-13-8-17(25)9-14(2)18(13)11-16(24(3)4)12-23-21(26)15-6-7-20(27-5)19(22)10-15/h6-10,16,25H,11-12H2,1-5H3,(H,23,26). The van der Waals surface area contributed by atoms with Gasteiger partial charge < -0.3 is 20.1 Å². The van der Waals surface area contributed by atoms with Crippen molar-refractivity contribution in [1.82, 2.24) is 10.2 Å². The van der Waals surface area contributed by atoms with Crippen molar-refractivity contribution >= 4 is 17.5 Å². The van der Waals surface area contributed by atoms with Gasteiger partial charge in [0.1, 0.15) is 11.5 Å². The molecule has 2 rings (SSSR count). The van der Waals surface area contributed by atoms with Crippen LogP contribution in [0.2, 0.25) is 5.02 Å². The first-order valence-corrected chi connectivity index (χ1v) is 9.18. The summed E-state index contributed by atoms with van der Waals surface area (Å²) in [6.07, 6.45) is 0.772. The van der Waals surface area contributed by atoms with Gasteiger partial charge in [0.05, 0.1) is 12.1 Å². The van der Waals surface area contributed by atoms with Crippen LogP contribution in [0.25, 0.3) is 0 Å². The topological polar surface area (TPSA) is 61.8 Å². The van der Waals surface area contributed by atoms with Gasteiger partial charge in [-0.05, 0) is 81.4 Å². The number of methoxy groups -OCH3 is 1. The Balaban J connectivity index is 2.09. The zero-order valence-electron chi connectivity index (χ0n) is 16.5. The van der Waals surface area contributed by atoms with E-state index in [1.54, 1.807) is 30.3 Å². The second kappa shape index (κ2) is 9.11. The summed E-state index contributed by atoms with van der Waals surface area (Å²) in [6.45, 7) is 4.48. The first-order valence-electron chi connectivity index (χ1n) is 8.80. The first kappa shape index (κ1) is 21.1. The summed E-state index contributed by atoms with van der Waals surface area (Å²) >= 11 is 6.11. The van der Waals surface area contributed by atoms with Gasteiger partial charge in [-0.15, -0.1) is 0 Å². The lowest BCUT2D eigenvalue weighted by Gasteiger charge is -2.26. The van der Waals surface area contributed by atoms with E-state index in [0.29, 0.717) is 22.9 Å². The molecule has 1 unspecified atom stereocenters. The minimum Gasteiger partial charge on any atom is -0.508 e. The molecule has 0 radical (unpaired) electrons. The quantitative estimate of drug-likeness (QED) is 0.758. The van der Waals surface area contributed by atoms with E-state index in [1.807, 2.05) is 27.9 Å². The van der Waals surface area contributed by atoms with Gasteiger partial charge in [0, 0.05) is 18.2 Å². The average molecular weight is 391 g/mol. The van der Waals surface area contributed by atoms with Crippen LogP contribution in [-0.4, -0.2) is 49.7 Å². The van der Waals surface area contributed by atoms with E-state index in [-0.39, 0.29) is 17.7 Å². The van der Waals surface area contributed by atoms with Gasteiger partial charge in [0.25, 0.3) is 5.91 Å². The van der Waals surface area contributed by atoms with E-state index >= 15 is 0 Å². The molecule has 27 heavy (non-hydrogen) atoms. The summed E-state index contributed by atoms with van der Waals surface area (Å²) in [5.74, 6) is 0.642. The van der Waals surface area contributed by atoms with E-state index in [9.17, 15) is 9.90 Å². The van der Waals surface area contributed by atoms with E-state index < -0.39 is 0 Å². The number of aryl methyl sites for hydroxylation is 2. The number of likely N-dealkylation sites (N-methyl/N-ethyl adjacent to an activating group) is 1. The highest BCUT2D eigenvalue weighted by molar-refractivity contribution is 6.32. The molecule has 0 aliphatic rings. The van der Waals surface area contributed by atoms with E-state index in [0.717, 1.165) is 17.5 Å². The van der Waals surface area contributed by atoms with Crippen LogP contribution in [0.5, 0.6) is 11.5 Å². The first-order chi connectivity index (χ1) is 12.7. The van der Waals surface area contributed by atoms with Crippen molar-refractivity contribution < 1.29 is 14.6 Å². The number of carbonyl (C=O) groups is 1. The Hall–Kier alpha value is -2.24. The van der Waals surface area contributed by atoms with Crippen molar-refractivity contribution in [3.63, 3.8) is 0 Å². The summed E-state index contributed by atoms with van der Waals surface area (Å²) in [7, 11) is 5.52. The molecule has 0 saturated carbocycles. The predicted octanol–water partition coefficient (Wildman–Crippen LogP) is 3.57. The molecule has 0 heterocycles. The molecule has 146 valence electrons. The summed E-state index contributed by atoms with van der Waals surface area (Å²) in [6, 6.07) is 8.64. The molecule has 0 spiro atoms. The van der Waals surface area contributed by atoms with Gasteiger partial charge in [0.2, 0.25) is 0 Å². The summed E-state index contributed by atoms with van der Waals surface area (Å²) in [4.78, 5) is 14.6. The van der Waals surface area contributed by atoms with Gasteiger partial charge in [-0.2, -0.15) is 0 Å².